The van der Waals surface area contributed by atoms with Crippen LogP contribution >= 0.6 is 11.6 Å². The van der Waals surface area contributed by atoms with Crippen molar-refractivity contribution in [3.8, 4) is 0 Å². The molecule has 5 nitrogen and oxygen atoms in total. The van der Waals surface area contributed by atoms with E-state index in [1.54, 1.807) is 0 Å². The highest BCUT2D eigenvalue weighted by Crippen LogP contribution is 2.27. The molecule has 17 heavy (non-hydrogen) atoms. The van der Waals surface area contributed by atoms with Crippen LogP contribution in [0.15, 0.2) is 18.2 Å². The molecule has 7 heteroatoms. The fraction of sp³-hybridized carbons (Fsp3) is 0.400. The van der Waals surface area contributed by atoms with Crippen molar-refractivity contribution in [1.29, 1.82) is 0 Å². The molecule has 1 aromatic carbocycles. The minimum Gasteiger partial charge on any atom is -0.379 e. The Kier molecular flexibility index (Phi) is 5.37. The summed E-state index contributed by atoms with van der Waals surface area (Å²) in [6.45, 7) is 2.25. The second kappa shape index (κ2) is 6.56. The van der Waals surface area contributed by atoms with Crippen LogP contribution in [0.5, 0.6) is 0 Å². The van der Waals surface area contributed by atoms with Gasteiger partial charge in [-0.05, 0) is 12.1 Å². The molecular weight excluding hydrogens is 264 g/mol. The van der Waals surface area contributed by atoms with Gasteiger partial charge in [-0.2, -0.15) is 0 Å². The number of nitrogens with one attached hydrogen (secondary N) is 1. The molecule has 0 aliphatic carbocycles. The van der Waals surface area contributed by atoms with E-state index >= 15 is 0 Å². The first-order chi connectivity index (χ1) is 8.04. The monoisotopic (exact) mass is 276 g/mol. The van der Waals surface area contributed by atoms with Crippen LogP contribution in [0, 0.1) is 10.1 Å². The number of anilines is 1. The Morgan fingerprint density at radius 2 is 2.24 bits per heavy atom. The van der Waals surface area contributed by atoms with Crippen LogP contribution in [-0.4, -0.2) is 27.2 Å². The van der Waals surface area contributed by atoms with Gasteiger partial charge >= 0.3 is 0 Å². The SMILES string of the molecule is CCS(=O)CCNc1cc(Cl)ccc1[N+](=O)[O-]. The summed E-state index contributed by atoms with van der Waals surface area (Å²) in [7, 11) is -0.889. The summed E-state index contributed by atoms with van der Waals surface area (Å²) in [5.74, 6) is 1.04. The average molecular weight is 277 g/mol. The van der Waals surface area contributed by atoms with Crippen LogP contribution in [0.4, 0.5) is 11.4 Å². The molecule has 1 aromatic rings. The van der Waals surface area contributed by atoms with Crippen LogP contribution < -0.4 is 5.32 Å². The number of hydrogen-bond acceptors (Lipinski definition) is 4. The Hall–Kier alpha value is -1.14. The minimum absolute atomic E-state index is 0.0309. The maximum absolute atomic E-state index is 11.2. The molecule has 0 saturated carbocycles. The van der Waals surface area contributed by atoms with E-state index in [0.717, 1.165) is 0 Å². The first-order valence-corrected chi connectivity index (χ1v) is 6.94. The molecule has 0 radical (unpaired) electrons. The normalized spacial score (nSPS) is 12.1. The summed E-state index contributed by atoms with van der Waals surface area (Å²) in [4.78, 5) is 10.3. The number of nitro groups is 1. The van der Waals surface area contributed by atoms with E-state index in [-0.39, 0.29) is 5.69 Å². The van der Waals surface area contributed by atoms with Crippen LogP contribution in [0.2, 0.25) is 5.02 Å². The first-order valence-electron chi connectivity index (χ1n) is 5.07. The highest BCUT2D eigenvalue weighted by molar-refractivity contribution is 7.84. The highest BCUT2D eigenvalue weighted by atomic mass is 35.5. The molecular formula is C10H13ClN2O3S. The molecule has 0 aliphatic heterocycles. The first kappa shape index (κ1) is 13.9. The van der Waals surface area contributed by atoms with Crippen molar-refractivity contribution in [3.05, 3.63) is 33.3 Å². The van der Waals surface area contributed by atoms with E-state index < -0.39 is 15.7 Å². The standard InChI is InChI=1S/C10H13ClN2O3S/c1-2-17(16)6-5-12-9-7-8(11)3-4-10(9)13(14)15/h3-4,7,12H,2,5-6H2,1H3. The quantitative estimate of drug-likeness (QED) is 0.640. The Labute approximate surface area is 107 Å². The van der Waals surface area contributed by atoms with Crippen molar-refractivity contribution in [2.75, 3.05) is 23.4 Å². The summed E-state index contributed by atoms with van der Waals surface area (Å²) < 4.78 is 11.2. The van der Waals surface area contributed by atoms with E-state index in [4.69, 9.17) is 11.6 Å². The lowest BCUT2D eigenvalue weighted by molar-refractivity contribution is -0.384. The van der Waals surface area contributed by atoms with Gasteiger partial charge in [0.15, 0.2) is 0 Å². The summed E-state index contributed by atoms with van der Waals surface area (Å²) in [5.41, 5.74) is 0.326. The number of hydrogen-bond donors (Lipinski definition) is 1. The predicted octanol–water partition coefficient (Wildman–Crippen LogP) is 2.43. The van der Waals surface area contributed by atoms with E-state index in [1.165, 1.54) is 18.2 Å². The summed E-state index contributed by atoms with van der Waals surface area (Å²) in [6.07, 6.45) is 0. The van der Waals surface area contributed by atoms with Gasteiger partial charge in [0.05, 0.1) is 4.92 Å². The van der Waals surface area contributed by atoms with E-state index in [9.17, 15) is 14.3 Å². The van der Waals surface area contributed by atoms with E-state index in [0.29, 0.717) is 28.8 Å². The molecule has 0 aliphatic rings. The maximum Gasteiger partial charge on any atom is 0.292 e. The van der Waals surface area contributed by atoms with E-state index in [1.807, 2.05) is 6.92 Å². The van der Waals surface area contributed by atoms with Crippen molar-refractivity contribution >= 4 is 33.8 Å². The lowest BCUT2D eigenvalue weighted by Gasteiger charge is -2.06. The third kappa shape index (κ3) is 4.32. The molecule has 1 N–H and O–H groups in total. The smallest absolute Gasteiger partial charge is 0.292 e. The Bertz CT molecular complexity index is 440. The number of benzene rings is 1. The van der Waals surface area contributed by atoms with Crippen LogP contribution in [-0.2, 0) is 10.8 Å². The van der Waals surface area contributed by atoms with Gasteiger partial charge < -0.3 is 5.32 Å². The van der Waals surface area contributed by atoms with Crippen molar-refractivity contribution < 1.29 is 9.13 Å². The Balaban J connectivity index is 2.72. The number of rotatable bonds is 6. The predicted molar refractivity (Wildman–Crippen MR) is 70.1 cm³/mol. The molecule has 0 spiro atoms. The fourth-order valence-electron chi connectivity index (χ4n) is 1.25. The van der Waals surface area contributed by atoms with Gasteiger partial charge in [-0.25, -0.2) is 0 Å². The number of halogens is 1. The van der Waals surface area contributed by atoms with Gasteiger partial charge in [0.1, 0.15) is 5.69 Å². The molecule has 0 heterocycles. The molecule has 0 fully saturated rings. The molecule has 0 bridgehead atoms. The molecule has 0 aromatic heterocycles. The van der Waals surface area contributed by atoms with Gasteiger partial charge in [-0.1, -0.05) is 18.5 Å². The third-order valence-electron chi connectivity index (χ3n) is 2.12. The minimum atomic E-state index is -0.889. The Morgan fingerprint density at radius 1 is 1.53 bits per heavy atom. The highest BCUT2D eigenvalue weighted by Gasteiger charge is 2.13. The molecule has 1 unspecified atom stereocenters. The third-order valence-corrected chi connectivity index (χ3v) is 3.66. The molecule has 0 amide bonds. The van der Waals surface area contributed by atoms with Gasteiger partial charge in [0.25, 0.3) is 5.69 Å². The second-order valence-electron chi connectivity index (χ2n) is 3.28. The number of nitrogens with zero attached hydrogens (tertiary/aromatic N) is 1. The van der Waals surface area contributed by atoms with Crippen molar-refractivity contribution in [1.82, 2.24) is 0 Å². The zero-order valence-electron chi connectivity index (χ0n) is 9.31. The topological polar surface area (TPSA) is 72.2 Å². The van der Waals surface area contributed by atoms with E-state index in [2.05, 4.69) is 5.32 Å². The lowest BCUT2D eigenvalue weighted by Crippen LogP contribution is -2.12. The van der Waals surface area contributed by atoms with Gasteiger partial charge in [-0.15, -0.1) is 0 Å². The van der Waals surface area contributed by atoms with Gasteiger partial charge in [-0.3, -0.25) is 14.3 Å². The zero-order valence-corrected chi connectivity index (χ0v) is 10.9. The van der Waals surface area contributed by atoms with Crippen LogP contribution in [0.25, 0.3) is 0 Å². The zero-order chi connectivity index (χ0) is 12.8. The van der Waals surface area contributed by atoms with Gasteiger partial charge in [0.2, 0.25) is 0 Å². The van der Waals surface area contributed by atoms with Crippen molar-refractivity contribution in [2.24, 2.45) is 0 Å². The Morgan fingerprint density at radius 3 is 2.82 bits per heavy atom. The van der Waals surface area contributed by atoms with Crippen LogP contribution in [0.1, 0.15) is 6.92 Å². The van der Waals surface area contributed by atoms with Crippen molar-refractivity contribution in [2.45, 2.75) is 6.92 Å². The van der Waals surface area contributed by atoms with Crippen LogP contribution in [0.3, 0.4) is 0 Å². The maximum atomic E-state index is 11.2. The fourth-order valence-corrected chi connectivity index (χ4v) is 2.04. The van der Waals surface area contributed by atoms with Gasteiger partial charge in [0, 0.05) is 39.9 Å². The molecule has 1 atom stereocenters. The number of nitro benzene ring substituents is 1. The summed E-state index contributed by atoms with van der Waals surface area (Å²) in [6, 6.07) is 4.31. The largest absolute Gasteiger partial charge is 0.379 e. The molecule has 0 saturated heterocycles. The second-order valence-corrected chi connectivity index (χ2v) is 5.58. The summed E-state index contributed by atoms with van der Waals surface area (Å²) in [5, 5.41) is 14.1. The lowest BCUT2D eigenvalue weighted by atomic mass is 10.2. The summed E-state index contributed by atoms with van der Waals surface area (Å²) >= 11 is 5.77. The average Bonchev–Trinajstić information content (AvgIpc) is 2.28. The van der Waals surface area contributed by atoms with Crippen molar-refractivity contribution in [3.63, 3.8) is 0 Å². The molecule has 94 valence electrons. The molecule has 1 rings (SSSR count).